The van der Waals surface area contributed by atoms with Gasteiger partial charge in [0.25, 0.3) is 0 Å². The van der Waals surface area contributed by atoms with Crippen LogP contribution in [-0.4, -0.2) is 51.3 Å². The van der Waals surface area contributed by atoms with Crippen LogP contribution in [0.25, 0.3) is 0 Å². The highest BCUT2D eigenvalue weighted by Gasteiger charge is 2.48. The van der Waals surface area contributed by atoms with Crippen molar-refractivity contribution < 1.29 is 28.2 Å². The molecule has 2 atom stereocenters. The maximum atomic E-state index is 12.7. The Balaban J connectivity index is 2.23. The first kappa shape index (κ1) is 24.2. The number of Topliss-reactive ketones (excluding diaryl/α,β-unsaturated/α-hetero) is 1. The average Bonchev–Trinajstić information content (AvgIpc) is 3.11. The van der Waals surface area contributed by atoms with Gasteiger partial charge in [-0.3, -0.25) is 4.79 Å². The molecule has 2 rings (SSSR count). The SMILES string of the molecule is CCCCCC(=O)C1=C([C@H]2OC(C)(C)O[C@@H]2CO[Si](C)(C)C(C)(C)C)COC1=O. The zero-order valence-corrected chi connectivity index (χ0v) is 20.3. The van der Waals surface area contributed by atoms with Crippen molar-refractivity contribution in [3.63, 3.8) is 0 Å². The summed E-state index contributed by atoms with van der Waals surface area (Å²) in [5.74, 6) is -1.52. The first-order valence-corrected chi connectivity index (χ1v) is 13.6. The predicted molar refractivity (Wildman–Crippen MR) is 114 cm³/mol. The number of ether oxygens (including phenoxy) is 3. The first-order valence-electron chi connectivity index (χ1n) is 10.7. The van der Waals surface area contributed by atoms with Crippen LogP contribution in [0.3, 0.4) is 0 Å². The molecule has 1 saturated heterocycles. The first-order chi connectivity index (χ1) is 13.3. The van der Waals surface area contributed by atoms with Crippen molar-refractivity contribution in [1.82, 2.24) is 0 Å². The Hall–Kier alpha value is -1.02. The molecule has 2 aliphatic heterocycles. The lowest BCUT2D eigenvalue weighted by Gasteiger charge is -2.37. The van der Waals surface area contributed by atoms with E-state index in [9.17, 15) is 9.59 Å². The highest BCUT2D eigenvalue weighted by molar-refractivity contribution is 6.74. The van der Waals surface area contributed by atoms with E-state index >= 15 is 0 Å². The lowest BCUT2D eigenvalue weighted by molar-refractivity contribution is -0.146. The minimum absolute atomic E-state index is 0.0730. The summed E-state index contributed by atoms with van der Waals surface area (Å²) in [4.78, 5) is 25.0. The summed E-state index contributed by atoms with van der Waals surface area (Å²) >= 11 is 0. The summed E-state index contributed by atoms with van der Waals surface area (Å²) in [5.41, 5.74) is 0.760. The number of ketones is 1. The van der Waals surface area contributed by atoms with Crippen LogP contribution in [0.1, 0.15) is 67.2 Å². The van der Waals surface area contributed by atoms with Gasteiger partial charge in [0.15, 0.2) is 19.9 Å². The van der Waals surface area contributed by atoms with Gasteiger partial charge in [-0.15, -0.1) is 0 Å². The Morgan fingerprint density at radius 1 is 1.21 bits per heavy atom. The van der Waals surface area contributed by atoms with E-state index < -0.39 is 26.2 Å². The van der Waals surface area contributed by atoms with Crippen LogP contribution in [0.2, 0.25) is 18.1 Å². The van der Waals surface area contributed by atoms with Crippen molar-refractivity contribution in [3.05, 3.63) is 11.1 Å². The number of esters is 1. The monoisotopic (exact) mass is 426 g/mol. The maximum absolute atomic E-state index is 12.7. The molecule has 0 bridgehead atoms. The van der Waals surface area contributed by atoms with Crippen molar-refractivity contribution in [2.24, 2.45) is 0 Å². The van der Waals surface area contributed by atoms with Gasteiger partial charge in [-0.2, -0.15) is 0 Å². The molecule has 0 unspecified atom stereocenters. The number of hydrogen-bond acceptors (Lipinski definition) is 6. The molecule has 0 spiro atoms. The zero-order valence-electron chi connectivity index (χ0n) is 19.3. The Morgan fingerprint density at radius 3 is 2.45 bits per heavy atom. The van der Waals surface area contributed by atoms with Gasteiger partial charge in [-0.1, -0.05) is 40.5 Å². The second kappa shape index (κ2) is 9.00. The summed E-state index contributed by atoms with van der Waals surface area (Å²) in [6, 6.07) is 0. The summed E-state index contributed by atoms with van der Waals surface area (Å²) in [6.07, 6.45) is 2.19. The third kappa shape index (κ3) is 5.78. The molecule has 0 aromatic rings. The van der Waals surface area contributed by atoms with Crippen LogP contribution >= 0.6 is 0 Å². The van der Waals surface area contributed by atoms with Crippen LogP contribution in [0.5, 0.6) is 0 Å². The van der Waals surface area contributed by atoms with Gasteiger partial charge < -0.3 is 18.6 Å². The quantitative estimate of drug-likeness (QED) is 0.233. The third-order valence-electron chi connectivity index (χ3n) is 6.11. The molecule has 29 heavy (non-hydrogen) atoms. The highest BCUT2D eigenvalue weighted by atomic mass is 28.4. The van der Waals surface area contributed by atoms with Crippen molar-refractivity contribution >= 4 is 20.1 Å². The van der Waals surface area contributed by atoms with E-state index in [0.717, 1.165) is 19.3 Å². The largest absolute Gasteiger partial charge is 0.457 e. The van der Waals surface area contributed by atoms with E-state index in [0.29, 0.717) is 18.6 Å². The Labute approximate surface area is 176 Å². The second-order valence-electron chi connectivity index (χ2n) is 10.0. The smallest absolute Gasteiger partial charge is 0.342 e. The summed E-state index contributed by atoms with van der Waals surface area (Å²) in [6.45, 7) is 17.1. The Morgan fingerprint density at radius 2 is 1.86 bits per heavy atom. The molecule has 7 heteroatoms. The summed E-state index contributed by atoms with van der Waals surface area (Å²) in [7, 11) is -1.98. The number of hydrogen-bond donors (Lipinski definition) is 0. The standard InChI is InChI=1S/C22H38O6Si/c1-9-10-11-12-16(23)18-15(13-25-20(18)24)19-17(27-22(5,6)28-19)14-26-29(7,8)21(2,3)4/h17,19H,9-14H2,1-8H3/t17-,19-/m1/s1. The predicted octanol–water partition coefficient (Wildman–Crippen LogP) is 4.53. The molecule has 0 aliphatic carbocycles. The van der Waals surface area contributed by atoms with E-state index in [1.165, 1.54) is 0 Å². The molecular weight excluding hydrogens is 388 g/mol. The molecule has 1 fully saturated rings. The normalized spacial score (nSPS) is 24.9. The van der Waals surface area contributed by atoms with Gasteiger partial charge in [-0.05, 0) is 38.4 Å². The molecule has 166 valence electrons. The molecular formula is C22H38O6Si. The molecule has 6 nitrogen and oxygen atoms in total. The fourth-order valence-corrected chi connectivity index (χ4v) is 4.37. The van der Waals surface area contributed by atoms with Gasteiger partial charge >= 0.3 is 5.97 Å². The minimum Gasteiger partial charge on any atom is -0.457 e. The molecule has 0 aromatic heterocycles. The Bertz CT molecular complexity index is 659. The number of carbonyl (C=O) groups excluding carboxylic acids is 2. The lowest BCUT2D eigenvalue weighted by atomic mass is 9.96. The van der Waals surface area contributed by atoms with Crippen molar-refractivity contribution in [2.75, 3.05) is 13.2 Å². The fourth-order valence-electron chi connectivity index (χ4n) is 3.36. The van der Waals surface area contributed by atoms with E-state index in [2.05, 4.69) is 40.8 Å². The third-order valence-corrected chi connectivity index (χ3v) is 10.6. The molecule has 0 saturated carbocycles. The molecule has 2 aliphatic rings. The molecule has 2 heterocycles. The summed E-state index contributed by atoms with van der Waals surface area (Å²) in [5, 5.41) is 0.0730. The topological polar surface area (TPSA) is 71.1 Å². The van der Waals surface area contributed by atoms with Gasteiger partial charge in [0.05, 0.1) is 6.61 Å². The van der Waals surface area contributed by atoms with Crippen LogP contribution in [0.4, 0.5) is 0 Å². The number of carbonyl (C=O) groups is 2. The van der Waals surface area contributed by atoms with Gasteiger partial charge in [0, 0.05) is 12.0 Å². The van der Waals surface area contributed by atoms with Crippen LogP contribution < -0.4 is 0 Å². The van der Waals surface area contributed by atoms with Crippen LogP contribution in [0, 0.1) is 0 Å². The lowest BCUT2D eigenvalue weighted by Crippen LogP contribution is -2.44. The zero-order chi connectivity index (χ0) is 22.0. The number of rotatable bonds is 9. The molecule has 0 aromatic carbocycles. The van der Waals surface area contributed by atoms with Crippen molar-refractivity contribution in [2.45, 2.75) is 103 Å². The molecule has 0 radical (unpaired) electrons. The van der Waals surface area contributed by atoms with Gasteiger partial charge in [0.2, 0.25) is 0 Å². The maximum Gasteiger partial charge on any atom is 0.342 e. The van der Waals surface area contributed by atoms with Crippen LogP contribution in [0.15, 0.2) is 11.1 Å². The van der Waals surface area contributed by atoms with Crippen LogP contribution in [-0.2, 0) is 28.2 Å². The average molecular weight is 427 g/mol. The van der Waals surface area contributed by atoms with Gasteiger partial charge in [0.1, 0.15) is 24.4 Å². The van der Waals surface area contributed by atoms with Crippen molar-refractivity contribution in [3.8, 4) is 0 Å². The minimum atomic E-state index is -1.98. The molecule has 0 N–H and O–H groups in total. The summed E-state index contributed by atoms with van der Waals surface area (Å²) < 4.78 is 23.8. The molecule has 0 amide bonds. The number of cyclic esters (lactones) is 1. The van der Waals surface area contributed by atoms with E-state index in [-0.39, 0.29) is 29.1 Å². The van der Waals surface area contributed by atoms with E-state index in [1.807, 2.05) is 13.8 Å². The van der Waals surface area contributed by atoms with E-state index in [4.69, 9.17) is 18.6 Å². The number of unbranched alkanes of at least 4 members (excludes halogenated alkanes) is 2. The van der Waals surface area contributed by atoms with Crippen molar-refractivity contribution in [1.29, 1.82) is 0 Å². The van der Waals surface area contributed by atoms with E-state index in [1.54, 1.807) is 0 Å². The fraction of sp³-hybridized carbons (Fsp3) is 0.818. The van der Waals surface area contributed by atoms with Gasteiger partial charge in [-0.25, -0.2) is 4.79 Å². The highest BCUT2D eigenvalue weighted by Crippen LogP contribution is 2.39. The Kier molecular flexibility index (Phi) is 7.52. The second-order valence-corrected chi connectivity index (χ2v) is 14.8.